The van der Waals surface area contributed by atoms with Crippen LogP contribution in [0.1, 0.15) is 16.9 Å². The van der Waals surface area contributed by atoms with Crippen LogP contribution in [-0.4, -0.2) is 45.6 Å². The van der Waals surface area contributed by atoms with E-state index in [9.17, 15) is 4.79 Å². The standard InChI is InChI=1S/C10H12ClN3OS/c11-9-3-2-8(12-13-9)10(15)14-4-1-6-16-7-5-14/h2-3H,1,4-7H2. The first-order valence-corrected chi connectivity index (χ1v) is 6.67. The molecule has 86 valence electrons. The van der Waals surface area contributed by atoms with Gasteiger partial charge >= 0.3 is 0 Å². The van der Waals surface area contributed by atoms with Crippen LogP contribution < -0.4 is 0 Å². The maximum absolute atomic E-state index is 12.0. The maximum atomic E-state index is 12.0. The summed E-state index contributed by atoms with van der Waals surface area (Å²) in [6.07, 6.45) is 1.04. The Morgan fingerprint density at radius 3 is 2.94 bits per heavy atom. The molecule has 0 aromatic carbocycles. The second-order valence-electron chi connectivity index (χ2n) is 3.50. The molecule has 16 heavy (non-hydrogen) atoms. The van der Waals surface area contributed by atoms with Crippen molar-refractivity contribution in [3.63, 3.8) is 0 Å². The van der Waals surface area contributed by atoms with E-state index in [0.717, 1.165) is 31.0 Å². The number of carbonyl (C=O) groups is 1. The summed E-state index contributed by atoms with van der Waals surface area (Å²) in [4.78, 5) is 13.9. The quantitative estimate of drug-likeness (QED) is 0.768. The fourth-order valence-corrected chi connectivity index (χ4v) is 2.53. The molecule has 0 aliphatic carbocycles. The third-order valence-electron chi connectivity index (χ3n) is 2.36. The Bertz CT molecular complexity index is 363. The Hall–Kier alpha value is -0.810. The van der Waals surface area contributed by atoms with Gasteiger partial charge in [-0.2, -0.15) is 11.8 Å². The molecule has 0 bridgehead atoms. The lowest BCUT2D eigenvalue weighted by molar-refractivity contribution is 0.0761. The van der Waals surface area contributed by atoms with Crippen molar-refractivity contribution in [3.8, 4) is 0 Å². The first kappa shape index (κ1) is 11.7. The highest BCUT2D eigenvalue weighted by molar-refractivity contribution is 7.99. The zero-order chi connectivity index (χ0) is 11.4. The molecule has 1 saturated heterocycles. The molecule has 6 heteroatoms. The van der Waals surface area contributed by atoms with E-state index in [0.29, 0.717) is 10.8 Å². The summed E-state index contributed by atoms with van der Waals surface area (Å²) < 4.78 is 0. The smallest absolute Gasteiger partial charge is 0.274 e. The topological polar surface area (TPSA) is 46.1 Å². The van der Waals surface area contributed by atoms with Gasteiger partial charge in [0, 0.05) is 18.8 Å². The molecule has 0 radical (unpaired) electrons. The van der Waals surface area contributed by atoms with Gasteiger partial charge in [-0.15, -0.1) is 10.2 Å². The zero-order valence-corrected chi connectivity index (χ0v) is 10.3. The Morgan fingerprint density at radius 2 is 2.19 bits per heavy atom. The summed E-state index contributed by atoms with van der Waals surface area (Å²) in [5.74, 6) is 2.06. The predicted octanol–water partition coefficient (Wildman–Crippen LogP) is 1.71. The summed E-state index contributed by atoms with van der Waals surface area (Å²) >= 11 is 7.51. The van der Waals surface area contributed by atoms with E-state index in [1.807, 2.05) is 16.7 Å². The van der Waals surface area contributed by atoms with Crippen molar-refractivity contribution in [1.82, 2.24) is 15.1 Å². The molecule has 1 fully saturated rings. The van der Waals surface area contributed by atoms with Crippen LogP contribution >= 0.6 is 23.4 Å². The van der Waals surface area contributed by atoms with Gasteiger partial charge < -0.3 is 4.90 Å². The number of thioether (sulfide) groups is 1. The molecule has 2 rings (SSSR count). The molecule has 1 aromatic heterocycles. The van der Waals surface area contributed by atoms with Gasteiger partial charge in [-0.05, 0) is 24.3 Å². The van der Waals surface area contributed by atoms with Crippen molar-refractivity contribution in [2.75, 3.05) is 24.6 Å². The zero-order valence-electron chi connectivity index (χ0n) is 8.73. The SMILES string of the molecule is O=C(c1ccc(Cl)nn1)N1CCCSCC1. The summed E-state index contributed by atoms with van der Waals surface area (Å²) in [5.41, 5.74) is 0.372. The van der Waals surface area contributed by atoms with Crippen molar-refractivity contribution < 1.29 is 4.79 Å². The molecule has 0 spiro atoms. The van der Waals surface area contributed by atoms with Crippen LogP contribution in [0.4, 0.5) is 0 Å². The molecular weight excluding hydrogens is 246 g/mol. The highest BCUT2D eigenvalue weighted by Gasteiger charge is 2.18. The molecule has 2 heterocycles. The summed E-state index contributed by atoms with van der Waals surface area (Å²) in [7, 11) is 0. The average Bonchev–Trinajstić information content (AvgIpc) is 2.57. The molecule has 1 amide bonds. The first-order valence-electron chi connectivity index (χ1n) is 5.13. The minimum atomic E-state index is -0.0494. The van der Waals surface area contributed by atoms with Crippen LogP contribution in [-0.2, 0) is 0 Å². The highest BCUT2D eigenvalue weighted by Crippen LogP contribution is 2.12. The Morgan fingerprint density at radius 1 is 1.31 bits per heavy atom. The minimum Gasteiger partial charge on any atom is -0.336 e. The molecular formula is C10H12ClN3OS. The van der Waals surface area contributed by atoms with E-state index in [2.05, 4.69) is 10.2 Å². The molecule has 1 aromatic rings. The highest BCUT2D eigenvalue weighted by atomic mass is 35.5. The van der Waals surface area contributed by atoms with E-state index in [4.69, 9.17) is 11.6 Å². The number of nitrogens with zero attached hydrogens (tertiary/aromatic N) is 3. The largest absolute Gasteiger partial charge is 0.336 e. The van der Waals surface area contributed by atoms with Gasteiger partial charge in [-0.1, -0.05) is 11.6 Å². The van der Waals surface area contributed by atoms with E-state index in [1.165, 1.54) is 0 Å². The molecule has 0 unspecified atom stereocenters. The van der Waals surface area contributed by atoms with Gasteiger partial charge in [-0.25, -0.2) is 0 Å². The Labute approximate surface area is 103 Å². The second kappa shape index (κ2) is 5.50. The third-order valence-corrected chi connectivity index (χ3v) is 3.61. The lowest BCUT2D eigenvalue weighted by Gasteiger charge is -2.18. The van der Waals surface area contributed by atoms with Crippen LogP contribution in [0.2, 0.25) is 5.15 Å². The van der Waals surface area contributed by atoms with Crippen LogP contribution in [0.5, 0.6) is 0 Å². The minimum absolute atomic E-state index is 0.0494. The summed E-state index contributed by atoms with van der Waals surface area (Å²) in [6.45, 7) is 1.59. The monoisotopic (exact) mass is 257 g/mol. The van der Waals surface area contributed by atoms with Crippen LogP contribution in [0.25, 0.3) is 0 Å². The Kier molecular flexibility index (Phi) is 4.01. The first-order chi connectivity index (χ1) is 7.77. The average molecular weight is 258 g/mol. The van der Waals surface area contributed by atoms with Crippen LogP contribution in [0, 0.1) is 0 Å². The van der Waals surface area contributed by atoms with Crippen molar-refractivity contribution in [2.24, 2.45) is 0 Å². The van der Waals surface area contributed by atoms with Crippen molar-refractivity contribution >= 4 is 29.3 Å². The van der Waals surface area contributed by atoms with E-state index in [-0.39, 0.29) is 5.91 Å². The molecule has 0 atom stereocenters. The van der Waals surface area contributed by atoms with E-state index >= 15 is 0 Å². The number of hydrogen-bond donors (Lipinski definition) is 0. The number of carbonyl (C=O) groups excluding carboxylic acids is 1. The third kappa shape index (κ3) is 2.86. The molecule has 0 saturated carbocycles. The number of rotatable bonds is 1. The molecule has 1 aliphatic rings. The second-order valence-corrected chi connectivity index (χ2v) is 5.11. The molecule has 1 aliphatic heterocycles. The number of amides is 1. The molecule has 4 nitrogen and oxygen atoms in total. The number of hydrogen-bond acceptors (Lipinski definition) is 4. The fourth-order valence-electron chi connectivity index (χ4n) is 1.54. The van der Waals surface area contributed by atoms with Crippen molar-refractivity contribution in [2.45, 2.75) is 6.42 Å². The van der Waals surface area contributed by atoms with Gasteiger partial charge in [-0.3, -0.25) is 4.79 Å². The van der Waals surface area contributed by atoms with E-state index < -0.39 is 0 Å². The van der Waals surface area contributed by atoms with Gasteiger partial charge in [0.2, 0.25) is 0 Å². The normalized spacial score (nSPS) is 16.9. The fraction of sp³-hybridized carbons (Fsp3) is 0.500. The molecule has 0 N–H and O–H groups in total. The Balaban J connectivity index is 2.08. The lowest BCUT2D eigenvalue weighted by atomic mass is 10.3. The summed E-state index contributed by atoms with van der Waals surface area (Å²) in [6, 6.07) is 3.21. The van der Waals surface area contributed by atoms with Gasteiger partial charge in [0.25, 0.3) is 5.91 Å². The van der Waals surface area contributed by atoms with Crippen LogP contribution in [0.15, 0.2) is 12.1 Å². The lowest BCUT2D eigenvalue weighted by Crippen LogP contribution is -2.33. The number of aromatic nitrogens is 2. The van der Waals surface area contributed by atoms with Crippen molar-refractivity contribution in [3.05, 3.63) is 23.0 Å². The van der Waals surface area contributed by atoms with Crippen LogP contribution in [0.3, 0.4) is 0 Å². The number of halogens is 1. The predicted molar refractivity (Wildman–Crippen MR) is 64.9 cm³/mol. The summed E-state index contributed by atoms with van der Waals surface area (Å²) in [5, 5.41) is 7.79. The van der Waals surface area contributed by atoms with Gasteiger partial charge in [0.05, 0.1) is 0 Å². The maximum Gasteiger partial charge on any atom is 0.274 e. The van der Waals surface area contributed by atoms with Gasteiger partial charge in [0.1, 0.15) is 0 Å². The van der Waals surface area contributed by atoms with E-state index in [1.54, 1.807) is 12.1 Å². The van der Waals surface area contributed by atoms with Gasteiger partial charge in [0.15, 0.2) is 10.8 Å². The van der Waals surface area contributed by atoms with Crippen molar-refractivity contribution in [1.29, 1.82) is 0 Å².